The molecule has 0 spiro atoms. The molecule has 3 aromatic rings. The molecule has 0 aromatic carbocycles. The fourth-order valence-electron chi connectivity index (χ4n) is 2.37. The van der Waals surface area contributed by atoms with E-state index < -0.39 is 5.97 Å². The summed E-state index contributed by atoms with van der Waals surface area (Å²) in [5, 5.41) is 13.9. The van der Waals surface area contributed by atoms with Gasteiger partial charge in [0.2, 0.25) is 5.91 Å². The summed E-state index contributed by atoms with van der Waals surface area (Å²) in [6.45, 7) is 4.27. The van der Waals surface area contributed by atoms with Crippen LogP contribution in [0.15, 0.2) is 53.8 Å². The zero-order valence-electron chi connectivity index (χ0n) is 15.0. The van der Waals surface area contributed by atoms with Gasteiger partial charge < -0.3 is 10.1 Å². The summed E-state index contributed by atoms with van der Waals surface area (Å²) in [6.07, 6.45) is 5.13. The van der Waals surface area contributed by atoms with Gasteiger partial charge in [-0.15, -0.1) is 28.1 Å². The van der Waals surface area contributed by atoms with E-state index in [-0.39, 0.29) is 11.7 Å². The molecule has 0 saturated heterocycles. The third kappa shape index (κ3) is 4.46. The number of ether oxygens (including phenoxy) is 1. The number of hydrogen-bond acceptors (Lipinski definition) is 8. The highest BCUT2D eigenvalue weighted by Gasteiger charge is 2.18. The summed E-state index contributed by atoms with van der Waals surface area (Å²) in [7, 11) is 1.30. The summed E-state index contributed by atoms with van der Waals surface area (Å²) in [6, 6.07) is 5.32. The van der Waals surface area contributed by atoms with Crippen molar-refractivity contribution in [1.29, 1.82) is 0 Å². The highest BCUT2D eigenvalue weighted by Crippen LogP contribution is 2.26. The number of thioether (sulfide) groups is 1. The van der Waals surface area contributed by atoms with Gasteiger partial charge in [0.05, 0.1) is 18.4 Å². The van der Waals surface area contributed by atoms with Crippen LogP contribution in [0.25, 0.3) is 11.4 Å². The Labute approximate surface area is 169 Å². The lowest BCUT2D eigenvalue weighted by molar-refractivity contribution is -0.113. The Hall–Kier alpha value is -2.98. The second-order valence-corrected chi connectivity index (χ2v) is 7.30. The normalized spacial score (nSPS) is 10.5. The Morgan fingerprint density at radius 2 is 2.25 bits per heavy atom. The van der Waals surface area contributed by atoms with Crippen LogP contribution in [0.3, 0.4) is 0 Å². The molecule has 0 aliphatic carbocycles. The molecule has 144 valence electrons. The van der Waals surface area contributed by atoms with Crippen molar-refractivity contribution in [2.45, 2.75) is 11.7 Å². The van der Waals surface area contributed by atoms with E-state index in [0.717, 1.165) is 5.56 Å². The Kier molecular flexibility index (Phi) is 6.56. The minimum absolute atomic E-state index is 0.112. The molecule has 0 fully saturated rings. The quantitative estimate of drug-likeness (QED) is 0.343. The fraction of sp³-hybridized carbons (Fsp3) is 0.167. The molecule has 0 unspecified atom stereocenters. The predicted octanol–water partition coefficient (Wildman–Crippen LogP) is 3.11. The molecule has 0 aliphatic heterocycles. The van der Waals surface area contributed by atoms with Gasteiger partial charge in [-0.05, 0) is 23.6 Å². The van der Waals surface area contributed by atoms with Crippen LogP contribution in [-0.2, 0) is 16.1 Å². The first-order chi connectivity index (χ1) is 13.6. The van der Waals surface area contributed by atoms with Crippen LogP contribution < -0.4 is 5.32 Å². The molecule has 28 heavy (non-hydrogen) atoms. The van der Waals surface area contributed by atoms with Crippen molar-refractivity contribution in [2.24, 2.45) is 0 Å². The highest BCUT2D eigenvalue weighted by atomic mass is 32.2. The Morgan fingerprint density at radius 1 is 1.39 bits per heavy atom. The van der Waals surface area contributed by atoms with Gasteiger partial charge >= 0.3 is 5.97 Å². The molecular formula is C18H17N5O3S2. The van der Waals surface area contributed by atoms with Crippen LogP contribution in [0.4, 0.5) is 5.00 Å². The van der Waals surface area contributed by atoms with Crippen molar-refractivity contribution < 1.29 is 14.3 Å². The maximum Gasteiger partial charge on any atom is 0.340 e. The second kappa shape index (κ2) is 9.29. The fourth-order valence-corrected chi connectivity index (χ4v) is 3.91. The van der Waals surface area contributed by atoms with Crippen molar-refractivity contribution >= 4 is 40.0 Å². The number of hydrogen-bond donors (Lipinski definition) is 1. The summed E-state index contributed by atoms with van der Waals surface area (Å²) >= 11 is 2.51. The Balaban J connectivity index is 1.70. The third-order valence-corrected chi connectivity index (χ3v) is 5.40. The molecule has 3 rings (SSSR count). The second-order valence-electron chi connectivity index (χ2n) is 5.44. The summed E-state index contributed by atoms with van der Waals surface area (Å²) in [5.74, 6) is 0.0211. The minimum Gasteiger partial charge on any atom is -0.465 e. The van der Waals surface area contributed by atoms with Gasteiger partial charge in [-0.1, -0.05) is 17.8 Å². The number of allylic oxidation sites excluding steroid dienone is 1. The van der Waals surface area contributed by atoms with Gasteiger partial charge in [0.25, 0.3) is 0 Å². The lowest BCUT2D eigenvalue weighted by Gasteiger charge is -2.08. The van der Waals surface area contributed by atoms with Crippen LogP contribution in [0.5, 0.6) is 0 Å². The van der Waals surface area contributed by atoms with Crippen molar-refractivity contribution in [1.82, 2.24) is 19.7 Å². The number of methoxy groups -OCH3 is 1. The number of esters is 1. The molecule has 0 saturated carbocycles. The summed E-state index contributed by atoms with van der Waals surface area (Å²) in [4.78, 5) is 28.1. The number of nitrogens with zero attached hydrogens (tertiary/aromatic N) is 4. The molecule has 0 radical (unpaired) electrons. The van der Waals surface area contributed by atoms with E-state index in [9.17, 15) is 9.59 Å². The van der Waals surface area contributed by atoms with Gasteiger partial charge in [0.1, 0.15) is 5.00 Å². The molecule has 0 bridgehead atoms. The Morgan fingerprint density at radius 3 is 2.96 bits per heavy atom. The maximum absolute atomic E-state index is 12.3. The first-order valence-corrected chi connectivity index (χ1v) is 10.0. The van der Waals surface area contributed by atoms with Gasteiger partial charge in [-0.25, -0.2) is 4.79 Å². The largest absolute Gasteiger partial charge is 0.465 e. The average Bonchev–Trinajstić information content (AvgIpc) is 3.34. The van der Waals surface area contributed by atoms with Crippen LogP contribution >= 0.6 is 23.1 Å². The van der Waals surface area contributed by atoms with Crippen molar-refractivity contribution in [2.75, 3.05) is 18.2 Å². The van der Waals surface area contributed by atoms with Gasteiger partial charge in [-0.2, -0.15) is 0 Å². The SMILES string of the molecule is C=CCn1c(SCC(=O)Nc2sccc2C(=O)OC)nnc1-c1cccnc1. The topological polar surface area (TPSA) is 99.0 Å². The molecule has 3 aromatic heterocycles. The molecule has 10 heteroatoms. The number of pyridine rings is 1. The van der Waals surface area contributed by atoms with Gasteiger partial charge in [-0.3, -0.25) is 14.3 Å². The summed E-state index contributed by atoms with van der Waals surface area (Å²) in [5.41, 5.74) is 1.16. The van der Waals surface area contributed by atoms with Crippen LogP contribution in [0.2, 0.25) is 0 Å². The highest BCUT2D eigenvalue weighted by molar-refractivity contribution is 7.99. The number of rotatable bonds is 8. The lowest BCUT2D eigenvalue weighted by atomic mass is 10.3. The molecule has 1 amide bonds. The first-order valence-electron chi connectivity index (χ1n) is 8.17. The summed E-state index contributed by atoms with van der Waals surface area (Å²) < 4.78 is 6.58. The van der Waals surface area contributed by atoms with E-state index in [1.165, 1.54) is 30.2 Å². The van der Waals surface area contributed by atoms with E-state index in [4.69, 9.17) is 4.74 Å². The Bertz CT molecular complexity index is 984. The molecular weight excluding hydrogens is 398 g/mol. The third-order valence-electron chi connectivity index (χ3n) is 3.60. The van der Waals surface area contributed by atoms with Crippen molar-refractivity contribution in [3.63, 3.8) is 0 Å². The number of amides is 1. The monoisotopic (exact) mass is 415 g/mol. The minimum atomic E-state index is -0.490. The van der Waals surface area contributed by atoms with Gasteiger partial charge in [0.15, 0.2) is 11.0 Å². The number of nitrogens with one attached hydrogen (secondary N) is 1. The van der Waals surface area contributed by atoms with E-state index in [2.05, 4.69) is 27.1 Å². The number of carbonyl (C=O) groups excluding carboxylic acids is 2. The van der Waals surface area contributed by atoms with Crippen LogP contribution in [0.1, 0.15) is 10.4 Å². The average molecular weight is 416 g/mol. The lowest BCUT2D eigenvalue weighted by Crippen LogP contribution is -2.16. The number of carbonyl (C=O) groups is 2. The van der Waals surface area contributed by atoms with Crippen molar-refractivity contribution in [3.05, 3.63) is 54.2 Å². The molecule has 0 atom stereocenters. The smallest absolute Gasteiger partial charge is 0.340 e. The zero-order valence-corrected chi connectivity index (χ0v) is 16.6. The van der Waals surface area contributed by atoms with Crippen molar-refractivity contribution in [3.8, 4) is 11.4 Å². The first kappa shape index (κ1) is 19.8. The molecule has 0 aliphatic rings. The molecule has 8 nitrogen and oxygen atoms in total. The standard InChI is InChI=1S/C18H17N5O3S2/c1-3-8-23-15(12-5-4-7-19-10-12)21-22-18(23)28-11-14(24)20-16-13(6-9-27-16)17(25)26-2/h3-7,9-10H,1,8,11H2,2H3,(H,20,24). The number of anilines is 1. The van der Waals surface area contributed by atoms with Crippen LogP contribution in [0, 0.1) is 0 Å². The number of thiophene rings is 1. The van der Waals surface area contributed by atoms with E-state index in [1.807, 2.05) is 16.7 Å². The molecule has 1 N–H and O–H groups in total. The van der Waals surface area contributed by atoms with Gasteiger partial charge in [0, 0.05) is 24.5 Å². The van der Waals surface area contributed by atoms with Crippen LogP contribution in [-0.4, -0.2) is 44.5 Å². The maximum atomic E-state index is 12.3. The molecule has 3 heterocycles. The predicted molar refractivity (Wildman–Crippen MR) is 108 cm³/mol. The van der Waals surface area contributed by atoms with E-state index in [0.29, 0.717) is 28.1 Å². The van der Waals surface area contributed by atoms with E-state index in [1.54, 1.807) is 29.9 Å². The van der Waals surface area contributed by atoms with E-state index >= 15 is 0 Å². The number of aromatic nitrogens is 4. The zero-order chi connectivity index (χ0) is 19.9.